The van der Waals surface area contributed by atoms with Gasteiger partial charge < -0.3 is 14.4 Å². The number of hydrogen-bond acceptors (Lipinski definition) is 5. The molecule has 2 heterocycles. The summed E-state index contributed by atoms with van der Waals surface area (Å²) in [6.45, 7) is 1.81. The van der Waals surface area contributed by atoms with Gasteiger partial charge in [0, 0.05) is 29.4 Å². The summed E-state index contributed by atoms with van der Waals surface area (Å²) in [6.07, 6.45) is 0.385. The van der Waals surface area contributed by atoms with Crippen LogP contribution in [0.25, 0.3) is 0 Å². The molecule has 1 saturated heterocycles. The van der Waals surface area contributed by atoms with Crippen molar-refractivity contribution in [1.82, 2.24) is 4.90 Å². The smallest absolute Gasteiger partial charge is 0.244 e. The van der Waals surface area contributed by atoms with Crippen molar-refractivity contribution >= 4 is 31.7 Å². The second-order valence-electron chi connectivity index (χ2n) is 7.31. The molecule has 0 spiro atoms. The molecule has 4 rings (SSSR count). The number of likely N-dealkylation sites (tertiary alicyclic amines) is 1. The molecule has 8 heteroatoms. The minimum Gasteiger partial charge on any atom is -0.497 e. The second-order valence-corrected chi connectivity index (χ2v) is 10.3. The fourth-order valence-corrected chi connectivity index (χ4v) is 6.20. The number of nitrogens with zero attached hydrogens (tertiary/aromatic N) is 1. The van der Waals surface area contributed by atoms with Crippen LogP contribution in [0.15, 0.2) is 51.8 Å². The zero-order valence-electron chi connectivity index (χ0n) is 15.7. The summed E-state index contributed by atoms with van der Waals surface area (Å²) in [7, 11) is -0.768. The first-order valence-corrected chi connectivity index (χ1v) is 11.2. The molecule has 1 fully saturated rings. The van der Waals surface area contributed by atoms with Crippen molar-refractivity contribution in [2.45, 2.75) is 35.1 Å². The highest BCUT2D eigenvalue weighted by Crippen LogP contribution is 2.50. The van der Waals surface area contributed by atoms with Crippen molar-refractivity contribution in [2.24, 2.45) is 0 Å². The number of fused-ring (bicyclic) bond motifs is 4. The molecule has 0 radical (unpaired) electrons. The molecule has 2 aromatic rings. The van der Waals surface area contributed by atoms with Crippen molar-refractivity contribution in [3.63, 3.8) is 0 Å². The largest absolute Gasteiger partial charge is 0.497 e. The van der Waals surface area contributed by atoms with Crippen LogP contribution in [-0.4, -0.2) is 44.4 Å². The van der Waals surface area contributed by atoms with Gasteiger partial charge in [-0.05, 0) is 49.4 Å². The van der Waals surface area contributed by atoms with Crippen LogP contribution in [0.1, 0.15) is 24.8 Å². The Morgan fingerprint density at radius 2 is 1.89 bits per heavy atom. The molecular formula is C20H20BrNO5S. The number of benzene rings is 2. The topological polar surface area (TPSA) is 72.9 Å². The summed E-state index contributed by atoms with van der Waals surface area (Å²) in [5, 5.41) is -1.22. The summed E-state index contributed by atoms with van der Waals surface area (Å²) in [4.78, 5) is 14.8. The molecule has 148 valence electrons. The predicted molar refractivity (Wildman–Crippen MR) is 107 cm³/mol. The summed E-state index contributed by atoms with van der Waals surface area (Å²) in [5.41, 5.74) is -0.210. The Morgan fingerprint density at radius 1 is 1.21 bits per heavy atom. The van der Waals surface area contributed by atoms with Gasteiger partial charge >= 0.3 is 0 Å². The standard InChI is InChI=1S/C20H20BrNO5S/c1-20-11-16(15-10-13(26-3)6-9-17(15)27-20)18(19(23)22(20)2)28(24,25)14-7-4-12(21)5-8-14/h4-10,16,18H,11H2,1-3H3/t16-,18-,20-/m0/s1. The Bertz CT molecular complexity index is 1050. The van der Waals surface area contributed by atoms with E-state index in [2.05, 4.69) is 15.9 Å². The number of piperidine rings is 1. The average molecular weight is 466 g/mol. The summed E-state index contributed by atoms with van der Waals surface area (Å²) in [5.74, 6) is 0.184. The Hall–Kier alpha value is -2.06. The third kappa shape index (κ3) is 2.81. The molecule has 2 aliphatic rings. The summed E-state index contributed by atoms with van der Waals surface area (Å²) >= 11 is 3.32. The van der Waals surface area contributed by atoms with Gasteiger partial charge in [-0.3, -0.25) is 4.79 Å². The van der Waals surface area contributed by atoms with Gasteiger partial charge in [0.2, 0.25) is 5.91 Å². The van der Waals surface area contributed by atoms with Gasteiger partial charge in [0.15, 0.2) is 20.8 Å². The minimum atomic E-state index is -3.91. The number of carbonyl (C=O) groups excluding carboxylic acids is 1. The molecule has 0 saturated carbocycles. The van der Waals surface area contributed by atoms with E-state index in [9.17, 15) is 13.2 Å². The van der Waals surface area contributed by atoms with Crippen molar-refractivity contribution < 1.29 is 22.7 Å². The van der Waals surface area contributed by atoms with Crippen LogP contribution in [-0.2, 0) is 14.6 Å². The summed E-state index contributed by atoms with van der Waals surface area (Å²) < 4.78 is 39.2. The minimum absolute atomic E-state index is 0.127. The van der Waals surface area contributed by atoms with Gasteiger partial charge in [-0.25, -0.2) is 8.42 Å². The van der Waals surface area contributed by atoms with Crippen LogP contribution in [0.5, 0.6) is 11.5 Å². The molecule has 2 aliphatic heterocycles. The first kappa shape index (κ1) is 19.3. The lowest BCUT2D eigenvalue weighted by Crippen LogP contribution is -2.64. The van der Waals surface area contributed by atoms with Gasteiger partial charge in [0.1, 0.15) is 11.5 Å². The number of rotatable bonds is 3. The molecule has 0 aliphatic carbocycles. The van der Waals surface area contributed by atoms with Crippen molar-refractivity contribution in [2.75, 3.05) is 14.2 Å². The fraction of sp³-hybridized carbons (Fsp3) is 0.350. The number of hydrogen-bond donors (Lipinski definition) is 0. The maximum Gasteiger partial charge on any atom is 0.244 e. The predicted octanol–water partition coefficient (Wildman–Crippen LogP) is 3.35. The molecule has 3 atom stereocenters. The van der Waals surface area contributed by atoms with Gasteiger partial charge in [-0.15, -0.1) is 0 Å². The van der Waals surface area contributed by atoms with Crippen LogP contribution in [0.2, 0.25) is 0 Å². The van der Waals surface area contributed by atoms with Crippen molar-refractivity contribution in [3.8, 4) is 11.5 Å². The number of sulfone groups is 1. The monoisotopic (exact) mass is 465 g/mol. The Labute approximate surface area is 172 Å². The van der Waals surface area contributed by atoms with Crippen molar-refractivity contribution in [3.05, 3.63) is 52.5 Å². The van der Waals surface area contributed by atoms with Crippen LogP contribution < -0.4 is 9.47 Å². The molecule has 28 heavy (non-hydrogen) atoms. The molecule has 2 bridgehead atoms. The molecule has 2 aromatic carbocycles. The molecular weight excluding hydrogens is 446 g/mol. The fourth-order valence-electron chi connectivity index (χ4n) is 4.02. The quantitative estimate of drug-likeness (QED) is 0.694. The highest BCUT2D eigenvalue weighted by Gasteiger charge is 2.57. The molecule has 0 unspecified atom stereocenters. The zero-order valence-corrected chi connectivity index (χ0v) is 18.1. The highest BCUT2D eigenvalue weighted by molar-refractivity contribution is 9.10. The van der Waals surface area contributed by atoms with E-state index in [1.54, 1.807) is 44.5 Å². The number of halogens is 1. The number of methoxy groups -OCH3 is 1. The van der Waals surface area contributed by atoms with E-state index in [0.717, 1.165) is 4.47 Å². The molecule has 6 nitrogen and oxygen atoms in total. The lowest BCUT2D eigenvalue weighted by atomic mass is 9.80. The Morgan fingerprint density at radius 3 is 2.54 bits per heavy atom. The number of ether oxygens (including phenoxy) is 2. The van der Waals surface area contributed by atoms with E-state index in [1.165, 1.54) is 17.0 Å². The van der Waals surface area contributed by atoms with E-state index in [0.29, 0.717) is 23.5 Å². The summed E-state index contributed by atoms with van der Waals surface area (Å²) in [6, 6.07) is 11.7. The maximum absolute atomic E-state index is 13.5. The van der Waals surface area contributed by atoms with Gasteiger partial charge in [0.25, 0.3) is 0 Å². The zero-order chi connectivity index (χ0) is 20.3. The first-order valence-electron chi connectivity index (χ1n) is 8.81. The highest BCUT2D eigenvalue weighted by atomic mass is 79.9. The van der Waals surface area contributed by atoms with Crippen LogP contribution in [0.4, 0.5) is 0 Å². The molecule has 0 aromatic heterocycles. The Kier molecular flexibility index (Phi) is 4.46. The lowest BCUT2D eigenvalue weighted by molar-refractivity contribution is -0.159. The third-order valence-electron chi connectivity index (χ3n) is 5.67. The van der Waals surface area contributed by atoms with Gasteiger partial charge in [-0.1, -0.05) is 15.9 Å². The van der Waals surface area contributed by atoms with Gasteiger partial charge in [0.05, 0.1) is 12.0 Å². The van der Waals surface area contributed by atoms with Gasteiger partial charge in [-0.2, -0.15) is 0 Å². The van der Waals surface area contributed by atoms with E-state index in [1.807, 2.05) is 6.92 Å². The normalized spacial score (nSPS) is 26.4. The number of amides is 1. The van der Waals surface area contributed by atoms with Crippen molar-refractivity contribution in [1.29, 1.82) is 0 Å². The van der Waals surface area contributed by atoms with E-state index < -0.39 is 32.6 Å². The molecule has 0 N–H and O–H groups in total. The molecule has 1 amide bonds. The second kappa shape index (κ2) is 6.49. The first-order chi connectivity index (χ1) is 13.2. The lowest BCUT2D eigenvalue weighted by Gasteiger charge is -2.51. The Balaban J connectivity index is 1.89. The average Bonchev–Trinajstić information content (AvgIpc) is 2.66. The van der Waals surface area contributed by atoms with E-state index in [4.69, 9.17) is 9.47 Å². The van der Waals surface area contributed by atoms with Crippen LogP contribution in [0, 0.1) is 0 Å². The van der Waals surface area contributed by atoms with Crippen LogP contribution >= 0.6 is 15.9 Å². The van der Waals surface area contributed by atoms with E-state index >= 15 is 0 Å². The van der Waals surface area contributed by atoms with Crippen LogP contribution in [0.3, 0.4) is 0 Å². The third-order valence-corrected chi connectivity index (χ3v) is 8.33. The SMILES string of the molecule is COc1ccc2c(c1)[C@@H]1C[C@](C)(O2)N(C)C(=O)[C@H]1S(=O)(=O)c1ccc(Br)cc1. The number of carbonyl (C=O) groups is 1. The maximum atomic E-state index is 13.5. The van der Waals surface area contributed by atoms with E-state index in [-0.39, 0.29) is 4.90 Å².